The first-order valence-electron chi connectivity index (χ1n) is 9.66. The van der Waals surface area contributed by atoms with E-state index in [2.05, 4.69) is 0 Å². The van der Waals surface area contributed by atoms with Crippen LogP contribution < -0.4 is 4.90 Å². The van der Waals surface area contributed by atoms with Gasteiger partial charge in [-0.1, -0.05) is 12.1 Å². The number of rotatable bonds is 5. The number of non-ortho nitro benzene ring substituents is 1. The number of nitro benzene ring substituents is 1. The minimum atomic E-state index is -4.91. The molecule has 174 valence electrons. The standard InChI is InChI=1S/C20H22F3N3O5S/c1-14-13-24(16-5-7-17(8-6-16)26(28)29)11-12-25(14)32(30,31)18-9-3-15(4-10-18)19(2,27)20(21,22)23/h3-10,14,27H,11-13H2,1-2H3/t14-,19?/m1/s1. The van der Waals surface area contributed by atoms with Crippen molar-refractivity contribution in [3.63, 3.8) is 0 Å². The van der Waals surface area contributed by atoms with E-state index in [1.165, 1.54) is 16.4 Å². The lowest BCUT2D eigenvalue weighted by Gasteiger charge is -2.40. The van der Waals surface area contributed by atoms with Gasteiger partial charge in [-0.2, -0.15) is 17.5 Å². The first kappa shape index (κ1) is 24.0. The van der Waals surface area contributed by atoms with Crippen LogP contribution in [-0.4, -0.2) is 54.6 Å². The maximum Gasteiger partial charge on any atom is 0.421 e. The predicted molar refractivity (Wildman–Crippen MR) is 111 cm³/mol. The number of hydrogen-bond acceptors (Lipinski definition) is 6. The van der Waals surface area contributed by atoms with Crippen LogP contribution in [0.1, 0.15) is 19.4 Å². The quantitative estimate of drug-likeness (QED) is 0.528. The highest BCUT2D eigenvalue weighted by Gasteiger charge is 2.51. The number of benzene rings is 2. The SMILES string of the molecule is C[C@@H]1CN(c2ccc([N+](=O)[O-])cc2)CCN1S(=O)(=O)c1ccc(C(C)(O)C(F)(F)F)cc1. The average molecular weight is 473 g/mol. The number of halogens is 3. The van der Waals surface area contributed by atoms with Crippen molar-refractivity contribution in [3.05, 3.63) is 64.2 Å². The fourth-order valence-electron chi connectivity index (χ4n) is 3.57. The van der Waals surface area contributed by atoms with Gasteiger partial charge in [0.15, 0.2) is 5.60 Å². The molecule has 1 aliphatic rings. The molecule has 1 saturated heterocycles. The Kier molecular flexibility index (Phi) is 6.24. The lowest BCUT2D eigenvalue weighted by molar-refractivity contribution is -0.384. The van der Waals surface area contributed by atoms with Crippen LogP contribution >= 0.6 is 0 Å². The van der Waals surface area contributed by atoms with Gasteiger partial charge in [0.2, 0.25) is 10.0 Å². The molecule has 0 bridgehead atoms. The van der Waals surface area contributed by atoms with E-state index in [9.17, 15) is 36.8 Å². The fraction of sp³-hybridized carbons (Fsp3) is 0.400. The molecule has 0 aromatic heterocycles. The van der Waals surface area contributed by atoms with Crippen LogP contribution in [0.5, 0.6) is 0 Å². The van der Waals surface area contributed by atoms with Gasteiger partial charge in [0, 0.05) is 43.5 Å². The largest absolute Gasteiger partial charge is 0.421 e. The van der Waals surface area contributed by atoms with Gasteiger partial charge in [0.1, 0.15) is 0 Å². The summed E-state index contributed by atoms with van der Waals surface area (Å²) in [6.45, 7) is 3.11. The van der Waals surface area contributed by atoms with E-state index in [4.69, 9.17) is 0 Å². The number of hydrogen-bond donors (Lipinski definition) is 1. The molecule has 2 aromatic rings. The second-order valence-electron chi connectivity index (χ2n) is 7.78. The highest BCUT2D eigenvalue weighted by atomic mass is 32.2. The minimum Gasteiger partial charge on any atom is -0.376 e. The normalized spacial score (nSPS) is 20.1. The molecule has 12 heteroatoms. The first-order chi connectivity index (χ1) is 14.7. The minimum absolute atomic E-state index is 0.0454. The molecule has 8 nitrogen and oxygen atoms in total. The molecule has 0 amide bonds. The lowest BCUT2D eigenvalue weighted by Crippen LogP contribution is -2.54. The molecule has 0 aliphatic carbocycles. The number of anilines is 1. The number of nitrogens with zero attached hydrogens (tertiary/aromatic N) is 3. The molecule has 0 spiro atoms. The van der Waals surface area contributed by atoms with Crippen LogP contribution in [0.4, 0.5) is 24.5 Å². The smallest absolute Gasteiger partial charge is 0.376 e. The number of piperazine rings is 1. The maximum absolute atomic E-state index is 13.1. The van der Waals surface area contributed by atoms with Gasteiger partial charge in [-0.3, -0.25) is 10.1 Å². The highest BCUT2D eigenvalue weighted by molar-refractivity contribution is 7.89. The van der Waals surface area contributed by atoms with Crippen LogP contribution in [0, 0.1) is 10.1 Å². The molecule has 2 atom stereocenters. The zero-order chi connectivity index (χ0) is 23.9. The zero-order valence-electron chi connectivity index (χ0n) is 17.3. The topological polar surface area (TPSA) is 104 Å². The lowest BCUT2D eigenvalue weighted by atomic mass is 9.96. The second kappa shape index (κ2) is 8.34. The molecular formula is C20H22F3N3O5S. The average Bonchev–Trinajstić information content (AvgIpc) is 2.72. The molecular weight excluding hydrogens is 451 g/mol. The summed E-state index contributed by atoms with van der Waals surface area (Å²) in [6.07, 6.45) is -4.91. The Balaban J connectivity index is 1.76. The summed E-state index contributed by atoms with van der Waals surface area (Å²) in [4.78, 5) is 12.0. The Morgan fingerprint density at radius 3 is 2.09 bits per heavy atom. The van der Waals surface area contributed by atoms with Gasteiger partial charge >= 0.3 is 6.18 Å². The van der Waals surface area contributed by atoms with Crippen molar-refractivity contribution in [2.45, 2.75) is 36.6 Å². The number of alkyl halides is 3. The van der Waals surface area contributed by atoms with E-state index in [0.29, 0.717) is 20.0 Å². The van der Waals surface area contributed by atoms with Crippen LogP contribution in [0.25, 0.3) is 0 Å². The summed E-state index contributed by atoms with van der Waals surface area (Å²) >= 11 is 0. The third-order valence-corrected chi connectivity index (χ3v) is 7.60. The molecule has 1 heterocycles. The van der Waals surface area contributed by atoms with Crippen molar-refractivity contribution < 1.29 is 31.6 Å². The molecule has 2 aromatic carbocycles. The van der Waals surface area contributed by atoms with Crippen LogP contribution in [-0.2, 0) is 15.6 Å². The Bertz CT molecular complexity index is 1090. The van der Waals surface area contributed by atoms with Crippen LogP contribution in [0.3, 0.4) is 0 Å². The van der Waals surface area contributed by atoms with Crippen molar-refractivity contribution in [2.75, 3.05) is 24.5 Å². The van der Waals surface area contributed by atoms with E-state index in [-0.39, 0.29) is 17.1 Å². The number of nitro groups is 1. The molecule has 1 unspecified atom stereocenters. The number of aliphatic hydroxyl groups is 1. The molecule has 1 fully saturated rings. The highest BCUT2D eigenvalue weighted by Crippen LogP contribution is 2.38. The molecule has 0 radical (unpaired) electrons. The summed E-state index contributed by atoms with van der Waals surface area (Å²) in [5.74, 6) is 0. The predicted octanol–water partition coefficient (Wildman–Crippen LogP) is 3.26. The van der Waals surface area contributed by atoms with Crippen molar-refractivity contribution in [1.82, 2.24) is 4.31 Å². The summed E-state index contributed by atoms with van der Waals surface area (Å²) in [5, 5.41) is 20.6. The van der Waals surface area contributed by atoms with Crippen LogP contribution in [0.2, 0.25) is 0 Å². The molecule has 1 aliphatic heterocycles. The summed E-state index contributed by atoms with van der Waals surface area (Å²) in [6, 6.07) is 9.51. The Morgan fingerprint density at radius 1 is 1.06 bits per heavy atom. The van der Waals surface area contributed by atoms with Gasteiger partial charge in [0.05, 0.1) is 9.82 Å². The number of sulfonamides is 1. The van der Waals surface area contributed by atoms with Gasteiger partial charge in [-0.15, -0.1) is 0 Å². The Morgan fingerprint density at radius 2 is 1.62 bits per heavy atom. The van der Waals surface area contributed by atoms with E-state index < -0.39 is 38.3 Å². The van der Waals surface area contributed by atoms with E-state index in [1.807, 2.05) is 4.90 Å². The monoisotopic (exact) mass is 473 g/mol. The fourth-order valence-corrected chi connectivity index (χ4v) is 5.18. The molecule has 3 rings (SSSR count). The third-order valence-electron chi connectivity index (χ3n) is 5.57. The summed E-state index contributed by atoms with van der Waals surface area (Å²) in [7, 11) is -3.98. The molecule has 32 heavy (non-hydrogen) atoms. The third kappa shape index (κ3) is 4.43. The van der Waals surface area contributed by atoms with Crippen molar-refractivity contribution >= 4 is 21.4 Å². The van der Waals surface area contributed by atoms with Crippen molar-refractivity contribution in [2.24, 2.45) is 0 Å². The summed E-state index contributed by atoms with van der Waals surface area (Å²) < 4.78 is 66.5. The second-order valence-corrected chi connectivity index (χ2v) is 9.67. The van der Waals surface area contributed by atoms with Gasteiger partial charge in [0.25, 0.3) is 5.69 Å². The van der Waals surface area contributed by atoms with Gasteiger partial charge in [-0.25, -0.2) is 8.42 Å². The van der Waals surface area contributed by atoms with E-state index in [0.717, 1.165) is 30.0 Å². The first-order valence-corrected chi connectivity index (χ1v) is 11.1. The van der Waals surface area contributed by atoms with Crippen molar-refractivity contribution in [1.29, 1.82) is 0 Å². The zero-order valence-corrected chi connectivity index (χ0v) is 18.1. The van der Waals surface area contributed by atoms with Gasteiger partial charge in [-0.05, 0) is 43.7 Å². The van der Waals surface area contributed by atoms with E-state index in [1.54, 1.807) is 19.1 Å². The Labute approximate surface area is 183 Å². The van der Waals surface area contributed by atoms with Gasteiger partial charge < -0.3 is 10.0 Å². The molecule has 0 saturated carbocycles. The Hall–Kier alpha value is -2.70. The molecule has 1 N–H and O–H groups in total. The summed E-state index contributed by atoms with van der Waals surface area (Å²) in [5.41, 5.74) is -2.88. The van der Waals surface area contributed by atoms with Crippen LogP contribution in [0.15, 0.2) is 53.4 Å². The van der Waals surface area contributed by atoms with E-state index >= 15 is 0 Å². The van der Waals surface area contributed by atoms with Crippen molar-refractivity contribution in [3.8, 4) is 0 Å². The maximum atomic E-state index is 13.1.